The number of anilines is 1. The highest BCUT2D eigenvalue weighted by Crippen LogP contribution is 2.41. The molecule has 1 unspecified atom stereocenters. The number of phenols is 1. The van der Waals surface area contributed by atoms with Gasteiger partial charge in [-0.3, -0.25) is 9.59 Å². The van der Waals surface area contributed by atoms with E-state index < -0.39 is 12.5 Å². The molecule has 3 aromatic carbocycles. The molecule has 0 aliphatic rings. The molecule has 0 saturated carbocycles. The standard InChI is InChI=1S/C26H25Br2NO5/c1-3-16(2)20-14-19(9-10-23(20)30)34-26-21(27)12-18(13-22(26)28)29(15-25(32)33)24(31)11-17-7-5-4-6-8-17/h4-10,12-14,16,30H,3,11,15H2,1-2H3,(H,32,33). The largest absolute Gasteiger partial charge is 0.508 e. The van der Waals surface area contributed by atoms with Crippen molar-refractivity contribution in [3.05, 3.63) is 80.7 Å². The number of carboxylic acids is 1. The summed E-state index contributed by atoms with van der Waals surface area (Å²) in [5.41, 5.74) is 2.01. The van der Waals surface area contributed by atoms with Crippen molar-refractivity contribution < 1.29 is 24.5 Å². The summed E-state index contributed by atoms with van der Waals surface area (Å²) in [5.74, 6) is -0.0528. The van der Waals surface area contributed by atoms with E-state index in [1.54, 1.807) is 30.3 Å². The van der Waals surface area contributed by atoms with E-state index in [1.165, 1.54) is 4.90 Å². The van der Waals surface area contributed by atoms with Crippen LogP contribution in [0.2, 0.25) is 0 Å². The fourth-order valence-corrected chi connectivity index (χ4v) is 4.78. The van der Waals surface area contributed by atoms with Crippen LogP contribution in [-0.2, 0) is 16.0 Å². The predicted octanol–water partition coefficient (Wildman–Crippen LogP) is 6.88. The Kier molecular flexibility index (Phi) is 8.74. The van der Waals surface area contributed by atoms with Crippen molar-refractivity contribution in [3.8, 4) is 17.2 Å². The first-order chi connectivity index (χ1) is 16.2. The zero-order valence-corrected chi connectivity index (χ0v) is 22.0. The lowest BCUT2D eigenvalue weighted by molar-refractivity contribution is -0.136. The lowest BCUT2D eigenvalue weighted by atomic mass is 9.97. The number of benzene rings is 3. The molecule has 34 heavy (non-hydrogen) atoms. The lowest BCUT2D eigenvalue weighted by Crippen LogP contribution is -2.36. The van der Waals surface area contributed by atoms with Crippen LogP contribution in [-0.4, -0.2) is 28.6 Å². The molecule has 8 heteroatoms. The molecule has 3 rings (SSSR count). The van der Waals surface area contributed by atoms with Gasteiger partial charge in [0.15, 0.2) is 5.75 Å². The third-order valence-electron chi connectivity index (χ3n) is 5.45. The third-order valence-corrected chi connectivity index (χ3v) is 6.63. The molecule has 2 N–H and O–H groups in total. The maximum atomic E-state index is 13.0. The molecule has 0 saturated heterocycles. The van der Waals surface area contributed by atoms with Crippen molar-refractivity contribution in [3.63, 3.8) is 0 Å². The fourth-order valence-electron chi connectivity index (χ4n) is 3.45. The van der Waals surface area contributed by atoms with E-state index in [0.29, 0.717) is 26.1 Å². The molecule has 0 heterocycles. The second kappa shape index (κ2) is 11.5. The smallest absolute Gasteiger partial charge is 0.323 e. The molecule has 1 amide bonds. The SMILES string of the molecule is CCC(C)c1cc(Oc2c(Br)cc(N(CC(=O)O)C(=O)Cc3ccccc3)cc2Br)ccc1O. The van der Waals surface area contributed by atoms with E-state index in [9.17, 15) is 19.8 Å². The second-order valence-corrected chi connectivity index (χ2v) is 9.62. The maximum absolute atomic E-state index is 13.0. The minimum atomic E-state index is -1.12. The second-order valence-electron chi connectivity index (χ2n) is 7.91. The Morgan fingerprint density at radius 3 is 2.26 bits per heavy atom. The minimum absolute atomic E-state index is 0.0769. The van der Waals surface area contributed by atoms with E-state index in [2.05, 4.69) is 31.9 Å². The Balaban J connectivity index is 1.90. The number of phenolic OH excluding ortho intramolecular Hbond substituents is 1. The quantitative estimate of drug-likeness (QED) is 0.283. The van der Waals surface area contributed by atoms with Gasteiger partial charge in [0.25, 0.3) is 0 Å². The van der Waals surface area contributed by atoms with E-state index in [4.69, 9.17) is 4.74 Å². The molecule has 0 spiro atoms. The van der Waals surface area contributed by atoms with Crippen molar-refractivity contribution in [2.24, 2.45) is 0 Å². The Bertz CT molecular complexity index is 1160. The number of carbonyl (C=O) groups is 2. The first-order valence-corrected chi connectivity index (χ1v) is 12.3. The molecule has 0 radical (unpaired) electrons. The normalized spacial score (nSPS) is 11.6. The van der Waals surface area contributed by atoms with Crippen LogP contribution >= 0.6 is 31.9 Å². The number of aliphatic carboxylic acids is 1. The maximum Gasteiger partial charge on any atom is 0.323 e. The number of carbonyl (C=O) groups excluding carboxylic acids is 1. The van der Waals surface area contributed by atoms with Crippen molar-refractivity contribution in [2.75, 3.05) is 11.4 Å². The molecule has 6 nitrogen and oxygen atoms in total. The minimum Gasteiger partial charge on any atom is -0.508 e. The van der Waals surface area contributed by atoms with Crippen LogP contribution in [0.4, 0.5) is 5.69 Å². The Morgan fingerprint density at radius 2 is 1.68 bits per heavy atom. The highest BCUT2D eigenvalue weighted by atomic mass is 79.9. The van der Waals surface area contributed by atoms with E-state index >= 15 is 0 Å². The number of hydrogen-bond donors (Lipinski definition) is 2. The highest BCUT2D eigenvalue weighted by Gasteiger charge is 2.22. The van der Waals surface area contributed by atoms with Crippen molar-refractivity contribution in [1.29, 1.82) is 0 Å². The van der Waals surface area contributed by atoms with Gasteiger partial charge in [0.2, 0.25) is 5.91 Å². The average molecular weight is 591 g/mol. The van der Waals surface area contributed by atoms with E-state index in [1.807, 2.05) is 44.2 Å². The average Bonchev–Trinajstić information content (AvgIpc) is 2.80. The lowest BCUT2D eigenvalue weighted by Gasteiger charge is -2.23. The first-order valence-electron chi connectivity index (χ1n) is 10.8. The highest BCUT2D eigenvalue weighted by molar-refractivity contribution is 9.11. The van der Waals surface area contributed by atoms with Gasteiger partial charge in [-0.15, -0.1) is 0 Å². The predicted molar refractivity (Wildman–Crippen MR) is 139 cm³/mol. The van der Waals surface area contributed by atoms with Gasteiger partial charge in [0, 0.05) is 11.3 Å². The van der Waals surface area contributed by atoms with Gasteiger partial charge >= 0.3 is 5.97 Å². The third kappa shape index (κ3) is 6.39. The molecule has 0 aromatic heterocycles. The van der Waals surface area contributed by atoms with Gasteiger partial charge in [-0.05, 0) is 80.1 Å². The summed E-state index contributed by atoms with van der Waals surface area (Å²) in [6.07, 6.45) is 0.947. The van der Waals surface area contributed by atoms with E-state index in [-0.39, 0.29) is 24.0 Å². The number of amides is 1. The Hall–Kier alpha value is -2.84. The Morgan fingerprint density at radius 1 is 1.03 bits per heavy atom. The van der Waals surface area contributed by atoms with Gasteiger partial charge < -0.3 is 19.8 Å². The molecule has 0 bridgehead atoms. The van der Waals surface area contributed by atoms with Crippen LogP contribution in [0.15, 0.2) is 69.6 Å². The number of nitrogens with zero attached hydrogens (tertiary/aromatic N) is 1. The van der Waals surface area contributed by atoms with Gasteiger partial charge in [-0.1, -0.05) is 44.2 Å². The topological polar surface area (TPSA) is 87.1 Å². The van der Waals surface area contributed by atoms with Crippen LogP contribution in [0.25, 0.3) is 0 Å². The number of ether oxygens (including phenoxy) is 1. The number of hydrogen-bond acceptors (Lipinski definition) is 4. The first kappa shape index (κ1) is 25.8. The van der Waals surface area contributed by atoms with E-state index in [0.717, 1.165) is 17.5 Å². The number of carboxylic acid groups (broad SMARTS) is 1. The van der Waals surface area contributed by atoms with Gasteiger partial charge in [-0.2, -0.15) is 0 Å². The molecule has 0 fully saturated rings. The summed E-state index contributed by atoms with van der Waals surface area (Å²) < 4.78 is 7.16. The molecule has 0 aliphatic carbocycles. The van der Waals surface area contributed by atoms with Gasteiger partial charge in [-0.25, -0.2) is 0 Å². The molecular weight excluding hydrogens is 566 g/mol. The molecule has 1 atom stereocenters. The van der Waals surface area contributed by atoms with Crippen LogP contribution in [0.1, 0.15) is 37.3 Å². The number of aromatic hydroxyl groups is 1. The van der Waals surface area contributed by atoms with Crippen molar-refractivity contribution >= 4 is 49.4 Å². The zero-order valence-electron chi connectivity index (χ0n) is 18.8. The molecule has 178 valence electrons. The number of rotatable bonds is 9. The Labute approximate surface area is 215 Å². The van der Waals surface area contributed by atoms with Crippen LogP contribution in [0, 0.1) is 0 Å². The summed E-state index contributed by atoms with van der Waals surface area (Å²) in [4.78, 5) is 25.7. The summed E-state index contributed by atoms with van der Waals surface area (Å²) in [6, 6.07) is 17.6. The fraction of sp³-hybridized carbons (Fsp3) is 0.231. The van der Waals surface area contributed by atoms with Crippen LogP contribution in [0.3, 0.4) is 0 Å². The van der Waals surface area contributed by atoms with Crippen molar-refractivity contribution in [1.82, 2.24) is 0 Å². The summed E-state index contributed by atoms with van der Waals surface area (Å²) >= 11 is 6.98. The van der Waals surface area contributed by atoms with Crippen LogP contribution in [0.5, 0.6) is 17.2 Å². The van der Waals surface area contributed by atoms with Gasteiger partial charge in [0.05, 0.1) is 15.4 Å². The molecular formula is C26H25Br2NO5. The van der Waals surface area contributed by atoms with Crippen molar-refractivity contribution in [2.45, 2.75) is 32.6 Å². The summed E-state index contributed by atoms with van der Waals surface area (Å²) in [7, 11) is 0. The molecule has 0 aliphatic heterocycles. The van der Waals surface area contributed by atoms with Gasteiger partial charge in [0.1, 0.15) is 18.0 Å². The zero-order chi connectivity index (χ0) is 24.8. The number of halogens is 2. The summed E-state index contributed by atoms with van der Waals surface area (Å²) in [6.45, 7) is 3.61. The molecule has 3 aromatic rings. The summed E-state index contributed by atoms with van der Waals surface area (Å²) in [5, 5.41) is 19.6. The van der Waals surface area contributed by atoms with Crippen LogP contribution < -0.4 is 9.64 Å². The monoisotopic (exact) mass is 589 g/mol.